The fourth-order valence-electron chi connectivity index (χ4n) is 2.46. The maximum absolute atomic E-state index is 11.8. The third-order valence-corrected chi connectivity index (χ3v) is 5.74. The maximum atomic E-state index is 11.8. The standard InChI is InChI=1S/C16H21NO5S/c18-16(17-13-7-8-23(19,20)11-13)10-22-15-5-3-14(4-6-15)21-9-12-1-2-12/h3-6,12-13H,1-2,7-11H2,(H,17,18). The summed E-state index contributed by atoms with van der Waals surface area (Å²) >= 11 is 0. The van der Waals surface area contributed by atoms with E-state index in [9.17, 15) is 13.2 Å². The molecule has 0 radical (unpaired) electrons. The predicted molar refractivity (Wildman–Crippen MR) is 85.4 cm³/mol. The summed E-state index contributed by atoms with van der Waals surface area (Å²) in [6.07, 6.45) is 2.97. The Morgan fingerprint density at radius 3 is 2.30 bits per heavy atom. The van der Waals surface area contributed by atoms with Gasteiger partial charge in [0.25, 0.3) is 5.91 Å². The Hall–Kier alpha value is -1.76. The molecule has 0 spiro atoms. The van der Waals surface area contributed by atoms with Gasteiger partial charge in [-0.15, -0.1) is 0 Å². The number of rotatable bonds is 7. The lowest BCUT2D eigenvalue weighted by Crippen LogP contribution is -2.38. The Morgan fingerprint density at radius 2 is 1.74 bits per heavy atom. The summed E-state index contributed by atoms with van der Waals surface area (Å²) in [6, 6.07) is 6.86. The second-order valence-corrected chi connectivity index (χ2v) is 8.41. The van der Waals surface area contributed by atoms with Gasteiger partial charge in [-0.1, -0.05) is 0 Å². The molecule has 1 N–H and O–H groups in total. The molecule has 3 rings (SSSR count). The summed E-state index contributed by atoms with van der Waals surface area (Å²) in [5.41, 5.74) is 0. The van der Waals surface area contributed by atoms with E-state index in [1.165, 1.54) is 12.8 Å². The Bertz CT molecular complexity index is 652. The lowest BCUT2D eigenvalue weighted by atomic mass is 10.2. The lowest BCUT2D eigenvalue weighted by Gasteiger charge is -2.12. The first-order chi connectivity index (χ1) is 11.0. The van der Waals surface area contributed by atoms with Crippen LogP contribution in [0.15, 0.2) is 24.3 Å². The first kappa shape index (κ1) is 16.1. The molecule has 0 aromatic heterocycles. The molecule has 6 nitrogen and oxygen atoms in total. The van der Waals surface area contributed by atoms with Crippen molar-refractivity contribution in [2.45, 2.75) is 25.3 Å². The SMILES string of the molecule is O=C(COc1ccc(OCC2CC2)cc1)NC1CCS(=O)(=O)C1. The van der Waals surface area contributed by atoms with Crippen molar-refractivity contribution in [3.8, 4) is 11.5 Å². The highest BCUT2D eigenvalue weighted by atomic mass is 32.2. The van der Waals surface area contributed by atoms with Crippen molar-refractivity contribution in [1.29, 1.82) is 0 Å². The molecule has 1 aliphatic carbocycles. The molecule has 1 aliphatic heterocycles. The summed E-state index contributed by atoms with van der Waals surface area (Å²) in [4.78, 5) is 11.8. The fraction of sp³-hybridized carbons (Fsp3) is 0.562. The van der Waals surface area contributed by atoms with Crippen LogP contribution in [0.1, 0.15) is 19.3 Å². The van der Waals surface area contributed by atoms with Crippen LogP contribution in [0.4, 0.5) is 0 Å². The van der Waals surface area contributed by atoms with Crippen molar-refractivity contribution in [2.75, 3.05) is 24.7 Å². The molecule has 1 heterocycles. The van der Waals surface area contributed by atoms with Gasteiger partial charge in [0.2, 0.25) is 0 Å². The molecule has 1 amide bonds. The zero-order chi connectivity index (χ0) is 16.3. The highest BCUT2D eigenvalue weighted by Crippen LogP contribution is 2.29. The molecule has 126 valence electrons. The van der Waals surface area contributed by atoms with Crippen LogP contribution >= 0.6 is 0 Å². The molecule has 2 aliphatic rings. The van der Waals surface area contributed by atoms with Crippen molar-refractivity contribution in [2.24, 2.45) is 5.92 Å². The molecule has 1 saturated carbocycles. The second kappa shape index (κ2) is 6.78. The van der Waals surface area contributed by atoms with Crippen molar-refractivity contribution >= 4 is 15.7 Å². The van der Waals surface area contributed by atoms with Crippen LogP contribution in [0.2, 0.25) is 0 Å². The molecule has 1 aromatic rings. The van der Waals surface area contributed by atoms with Crippen LogP contribution in [-0.2, 0) is 14.6 Å². The van der Waals surface area contributed by atoms with E-state index < -0.39 is 9.84 Å². The topological polar surface area (TPSA) is 81.7 Å². The molecular weight excluding hydrogens is 318 g/mol. The molecule has 1 aromatic carbocycles. The zero-order valence-electron chi connectivity index (χ0n) is 12.9. The quantitative estimate of drug-likeness (QED) is 0.806. The van der Waals surface area contributed by atoms with Gasteiger partial charge in [0, 0.05) is 6.04 Å². The Balaban J connectivity index is 1.39. The largest absolute Gasteiger partial charge is 0.493 e. The van der Waals surface area contributed by atoms with Gasteiger partial charge in [0.05, 0.1) is 18.1 Å². The maximum Gasteiger partial charge on any atom is 0.258 e. The number of nitrogens with one attached hydrogen (secondary N) is 1. The normalized spacial score (nSPS) is 22.5. The number of hydrogen-bond donors (Lipinski definition) is 1. The van der Waals surface area contributed by atoms with E-state index in [1.54, 1.807) is 12.1 Å². The van der Waals surface area contributed by atoms with Crippen LogP contribution in [0.25, 0.3) is 0 Å². The summed E-state index contributed by atoms with van der Waals surface area (Å²) in [5, 5.41) is 2.69. The highest BCUT2D eigenvalue weighted by Gasteiger charge is 2.28. The molecule has 1 atom stereocenters. The van der Waals surface area contributed by atoms with Gasteiger partial charge in [0.1, 0.15) is 11.5 Å². The smallest absolute Gasteiger partial charge is 0.258 e. The average Bonchev–Trinajstić information content (AvgIpc) is 3.28. The van der Waals surface area contributed by atoms with E-state index in [2.05, 4.69) is 5.32 Å². The summed E-state index contributed by atoms with van der Waals surface area (Å²) < 4.78 is 33.7. The van der Waals surface area contributed by atoms with Gasteiger partial charge < -0.3 is 14.8 Å². The number of ether oxygens (including phenoxy) is 2. The van der Waals surface area contributed by atoms with Gasteiger partial charge in [-0.3, -0.25) is 4.79 Å². The van der Waals surface area contributed by atoms with E-state index in [-0.39, 0.29) is 30.1 Å². The lowest BCUT2D eigenvalue weighted by molar-refractivity contribution is -0.123. The highest BCUT2D eigenvalue weighted by molar-refractivity contribution is 7.91. The van der Waals surface area contributed by atoms with Crippen LogP contribution < -0.4 is 14.8 Å². The molecule has 1 unspecified atom stereocenters. The first-order valence-corrected chi connectivity index (χ1v) is 9.68. The van der Waals surface area contributed by atoms with E-state index in [1.807, 2.05) is 12.1 Å². The average molecular weight is 339 g/mol. The zero-order valence-corrected chi connectivity index (χ0v) is 13.7. The molecule has 7 heteroatoms. The van der Waals surface area contributed by atoms with Gasteiger partial charge >= 0.3 is 0 Å². The second-order valence-electron chi connectivity index (χ2n) is 6.18. The summed E-state index contributed by atoms with van der Waals surface area (Å²) in [5.74, 6) is 1.94. The van der Waals surface area contributed by atoms with E-state index in [0.717, 1.165) is 12.4 Å². The van der Waals surface area contributed by atoms with E-state index >= 15 is 0 Å². The van der Waals surface area contributed by atoms with Gasteiger partial charge in [-0.2, -0.15) is 0 Å². The van der Waals surface area contributed by atoms with Crippen LogP contribution in [0, 0.1) is 5.92 Å². The minimum atomic E-state index is -2.99. The minimum Gasteiger partial charge on any atom is -0.493 e. The number of benzene rings is 1. The van der Waals surface area contributed by atoms with Crippen molar-refractivity contribution in [1.82, 2.24) is 5.32 Å². The number of sulfone groups is 1. The van der Waals surface area contributed by atoms with Crippen molar-refractivity contribution < 1.29 is 22.7 Å². The van der Waals surface area contributed by atoms with E-state index in [0.29, 0.717) is 18.1 Å². The minimum absolute atomic E-state index is 0.0196. The van der Waals surface area contributed by atoms with Gasteiger partial charge in [-0.05, 0) is 49.4 Å². The fourth-order valence-corrected chi connectivity index (χ4v) is 4.13. The Morgan fingerprint density at radius 1 is 1.09 bits per heavy atom. The molecule has 1 saturated heterocycles. The van der Waals surface area contributed by atoms with Crippen molar-refractivity contribution in [3.63, 3.8) is 0 Å². The van der Waals surface area contributed by atoms with Crippen molar-refractivity contribution in [3.05, 3.63) is 24.3 Å². The molecule has 2 fully saturated rings. The third-order valence-electron chi connectivity index (χ3n) is 3.97. The third kappa shape index (κ3) is 5.13. The van der Waals surface area contributed by atoms with Crippen LogP contribution in [-0.4, -0.2) is 45.1 Å². The molecule has 23 heavy (non-hydrogen) atoms. The summed E-state index contributed by atoms with van der Waals surface area (Å²) in [6.45, 7) is 0.631. The Kier molecular flexibility index (Phi) is 4.75. The number of carbonyl (C=O) groups excluding carboxylic acids is 1. The molecule has 0 bridgehead atoms. The van der Waals surface area contributed by atoms with Crippen LogP contribution in [0.3, 0.4) is 0 Å². The number of hydrogen-bond acceptors (Lipinski definition) is 5. The van der Waals surface area contributed by atoms with Gasteiger partial charge in [0.15, 0.2) is 16.4 Å². The monoisotopic (exact) mass is 339 g/mol. The van der Waals surface area contributed by atoms with Gasteiger partial charge in [-0.25, -0.2) is 8.42 Å². The molecular formula is C16H21NO5S. The predicted octanol–water partition coefficient (Wildman–Crippen LogP) is 1.16. The van der Waals surface area contributed by atoms with Crippen LogP contribution in [0.5, 0.6) is 11.5 Å². The summed E-state index contributed by atoms with van der Waals surface area (Å²) in [7, 11) is -2.99. The number of carbonyl (C=O) groups is 1. The van der Waals surface area contributed by atoms with E-state index in [4.69, 9.17) is 9.47 Å². The Labute approximate surface area is 136 Å². The first-order valence-electron chi connectivity index (χ1n) is 7.86. The number of amides is 1.